The minimum Gasteiger partial charge on any atom is -0.337 e. The molecule has 5 heteroatoms. The first-order valence-electron chi connectivity index (χ1n) is 8.76. The molecule has 1 N–H and O–H groups in total. The Morgan fingerprint density at radius 3 is 2.40 bits per heavy atom. The van der Waals surface area contributed by atoms with Crippen molar-refractivity contribution in [2.24, 2.45) is 0 Å². The van der Waals surface area contributed by atoms with Gasteiger partial charge in [0.15, 0.2) is 0 Å². The number of anilines is 1. The molecule has 2 saturated heterocycles. The number of nitrogens with zero attached hydrogens (tertiary/aromatic N) is 2. The molecule has 0 aromatic heterocycles. The zero-order valence-corrected chi connectivity index (χ0v) is 14.1. The highest BCUT2D eigenvalue weighted by Crippen LogP contribution is 2.37. The Morgan fingerprint density at radius 1 is 1.00 bits per heavy atom. The van der Waals surface area contributed by atoms with Crippen molar-refractivity contribution >= 4 is 11.6 Å². The molecule has 2 aliphatic rings. The minimum atomic E-state index is -0.630. The maximum absolute atomic E-state index is 14.3. The summed E-state index contributed by atoms with van der Waals surface area (Å²) in [6.45, 7) is 2.91. The second-order valence-corrected chi connectivity index (χ2v) is 6.84. The number of amides is 1. The van der Waals surface area contributed by atoms with E-state index in [1.807, 2.05) is 29.2 Å². The SMILES string of the molecule is O=C1NCN(c2ccccc2F)C12CCN(Cc1ccccc1)CC2. The Kier molecular flexibility index (Phi) is 4.17. The fraction of sp³-hybridized carbons (Fsp3) is 0.350. The zero-order chi connectivity index (χ0) is 17.3. The predicted molar refractivity (Wildman–Crippen MR) is 95.6 cm³/mol. The Balaban J connectivity index is 1.51. The average Bonchev–Trinajstić information content (AvgIpc) is 2.95. The van der Waals surface area contributed by atoms with Crippen LogP contribution in [0.1, 0.15) is 18.4 Å². The van der Waals surface area contributed by atoms with Crippen LogP contribution in [0.2, 0.25) is 0 Å². The molecule has 2 aromatic rings. The second kappa shape index (κ2) is 6.48. The van der Waals surface area contributed by atoms with Gasteiger partial charge in [0.25, 0.3) is 0 Å². The van der Waals surface area contributed by atoms with Crippen molar-refractivity contribution in [3.63, 3.8) is 0 Å². The van der Waals surface area contributed by atoms with Gasteiger partial charge in [-0.3, -0.25) is 9.69 Å². The number of benzene rings is 2. The molecule has 2 aliphatic heterocycles. The van der Waals surface area contributed by atoms with Crippen molar-refractivity contribution in [3.05, 3.63) is 66.0 Å². The number of hydrogen-bond acceptors (Lipinski definition) is 3. The van der Waals surface area contributed by atoms with Gasteiger partial charge in [-0.1, -0.05) is 42.5 Å². The first-order chi connectivity index (χ1) is 12.2. The third-order valence-corrected chi connectivity index (χ3v) is 5.41. The van der Waals surface area contributed by atoms with Crippen LogP contribution in [0.4, 0.5) is 10.1 Å². The molecule has 4 nitrogen and oxygen atoms in total. The van der Waals surface area contributed by atoms with Gasteiger partial charge in [-0.05, 0) is 30.5 Å². The maximum atomic E-state index is 14.3. The van der Waals surface area contributed by atoms with E-state index in [4.69, 9.17) is 0 Å². The van der Waals surface area contributed by atoms with E-state index in [2.05, 4.69) is 22.3 Å². The topological polar surface area (TPSA) is 35.6 Å². The lowest BCUT2D eigenvalue weighted by Gasteiger charge is -2.43. The first kappa shape index (κ1) is 16.1. The summed E-state index contributed by atoms with van der Waals surface area (Å²) in [6.07, 6.45) is 1.42. The molecule has 0 radical (unpaired) electrons. The highest BCUT2D eigenvalue weighted by Gasteiger charge is 2.50. The van der Waals surface area contributed by atoms with Gasteiger partial charge in [0.2, 0.25) is 5.91 Å². The Labute approximate surface area is 147 Å². The van der Waals surface area contributed by atoms with Gasteiger partial charge in [-0.15, -0.1) is 0 Å². The molecule has 0 atom stereocenters. The number of para-hydroxylation sites is 1. The van der Waals surface area contributed by atoms with Crippen LogP contribution in [0, 0.1) is 5.82 Å². The standard InChI is InChI=1S/C20H22FN3O/c21-17-8-4-5-9-18(17)24-15-22-19(25)20(24)10-12-23(13-11-20)14-16-6-2-1-3-7-16/h1-9H,10-15H2,(H,22,25). The van der Waals surface area contributed by atoms with E-state index in [1.165, 1.54) is 11.6 Å². The fourth-order valence-electron chi connectivity index (χ4n) is 4.00. The van der Waals surface area contributed by atoms with E-state index in [-0.39, 0.29) is 11.7 Å². The van der Waals surface area contributed by atoms with Crippen LogP contribution >= 0.6 is 0 Å². The van der Waals surface area contributed by atoms with Crippen molar-refractivity contribution in [2.75, 3.05) is 24.7 Å². The van der Waals surface area contributed by atoms with E-state index < -0.39 is 5.54 Å². The normalized spacial score (nSPS) is 20.0. The summed E-state index contributed by atoms with van der Waals surface area (Å²) in [6, 6.07) is 17.1. The molecule has 4 rings (SSSR count). The first-order valence-corrected chi connectivity index (χ1v) is 8.76. The van der Waals surface area contributed by atoms with Crippen LogP contribution in [-0.4, -0.2) is 36.1 Å². The lowest BCUT2D eigenvalue weighted by Crippen LogP contribution is -2.56. The number of likely N-dealkylation sites (tertiary alicyclic amines) is 1. The van der Waals surface area contributed by atoms with Crippen LogP contribution < -0.4 is 10.2 Å². The van der Waals surface area contributed by atoms with Gasteiger partial charge in [-0.2, -0.15) is 0 Å². The van der Waals surface area contributed by atoms with Crippen LogP contribution in [0.25, 0.3) is 0 Å². The summed E-state index contributed by atoms with van der Waals surface area (Å²) in [5.74, 6) is -0.250. The molecule has 0 aliphatic carbocycles. The highest BCUT2D eigenvalue weighted by atomic mass is 19.1. The largest absolute Gasteiger partial charge is 0.337 e. The third kappa shape index (κ3) is 2.89. The highest BCUT2D eigenvalue weighted by molar-refractivity contribution is 5.93. The molecule has 2 fully saturated rings. The van der Waals surface area contributed by atoms with E-state index in [1.54, 1.807) is 12.1 Å². The molecule has 2 aromatic carbocycles. The quantitative estimate of drug-likeness (QED) is 0.934. The van der Waals surface area contributed by atoms with E-state index in [0.717, 1.165) is 19.6 Å². The van der Waals surface area contributed by atoms with Crippen LogP contribution in [0.3, 0.4) is 0 Å². The van der Waals surface area contributed by atoms with Crippen molar-refractivity contribution in [3.8, 4) is 0 Å². The number of hydrogen-bond donors (Lipinski definition) is 1. The van der Waals surface area contributed by atoms with Crippen LogP contribution in [0.5, 0.6) is 0 Å². The molecular formula is C20H22FN3O. The molecule has 2 heterocycles. The molecule has 0 saturated carbocycles. The fourth-order valence-corrected chi connectivity index (χ4v) is 4.00. The van der Waals surface area contributed by atoms with Crippen molar-refractivity contribution in [1.29, 1.82) is 0 Å². The summed E-state index contributed by atoms with van der Waals surface area (Å²) >= 11 is 0. The molecular weight excluding hydrogens is 317 g/mol. The smallest absolute Gasteiger partial charge is 0.247 e. The zero-order valence-electron chi connectivity index (χ0n) is 14.1. The van der Waals surface area contributed by atoms with Crippen molar-refractivity contribution < 1.29 is 9.18 Å². The van der Waals surface area contributed by atoms with Gasteiger partial charge >= 0.3 is 0 Å². The Morgan fingerprint density at radius 2 is 1.68 bits per heavy atom. The third-order valence-electron chi connectivity index (χ3n) is 5.41. The summed E-state index contributed by atoms with van der Waals surface area (Å²) < 4.78 is 14.3. The van der Waals surface area contributed by atoms with Gasteiger partial charge in [0, 0.05) is 19.6 Å². The molecule has 1 amide bonds. The number of carbonyl (C=O) groups is 1. The molecule has 0 unspecified atom stereocenters. The van der Waals surface area contributed by atoms with Crippen LogP contribution in [-0.2, 0) is 11.3 Å². The number of nitrogens with one attached hydrogen (secondary N) is 1. The van der Waals surface area contributed by atoms with E-state index in [9.17, 15) is 9.18 Å². The van der Waals surface area contributed by atoms with Gasteiger partial charge in [0.1, 0.15) is 11.4 Å². The van der Waals surface area contributed by atoms with Crippen LogP contribution in [0.15, 0.2) is 54.6 Å². The van der Waals surface area contributed by atoms with Gasteiger partial charge < -0.3 is 10.2 Å². The summed E-state index contributed by atoms with van der Waals surface area (Å²) in [7, 11) is 0. The number of piperidine rings is 1. The van der Waals surface area contributed by atoms with Crippen molar-refractivity contribution in [2.45, 2.75) is 24.9 Å². The monoisotopic (exact) mass is 339 g/mol. The van der Waals surface area contributed by atoms with E-state index >= 15 is 0 Å². The number of carbonyl (C=O) groups excluding carboxylic acids is 1. The second-order valence-electron chi connectivity index (χ2n) is 6.84. The van der Waals surface area contributed by atoms with Gasteiger partial charge in [0.05, 0.1) is 12.4 Å². The predicted octanol–water partition coefficient (Wildman–Crippen LogP) is 2.75. The molecule has 0 bridgehead atoms. The van der Waals surface area contributed by atoms with E-state index in [0.29, 0.717) is 25.2 Å². The maximum Gasteiger partial charge on any atom is 0.247 e. The lowest BCUT2D eigenvalue weighted by atomic mass is 9.85. The minimum absolute atomic E-state index is 0.0233. The lowest BCUT2D eigenvalue weighted by molar-refractivity contribution is -0.125. The Hall–Kier alpha value is -2.40. The average molecular weight is 339 g/mol. The van der Waals surface area contributed by atoms with Gasteiger partial charge in [-0.25, -0.2) is 4.39 Å². The number of rotatable bonds is 3. The molecule has 130 valence electrons. The summed E-state index contributed by atoms with van der Waals surface area (Å²) in [5.41, 5.74) is 1.16. The molecule has 25 heavy (non-hydrogen) atoms. The van der Waals surface area contributed by atoms with Crippen molar-refractivity contribution in [1.82, 2.24) is 10.2 Å². The summed E-state index contributed by atoms with van der Waals surface area (Å²) in [4.78, 5) is 16.9. The number of halogens is 1. The molecule has 1 spiro atoms. The Bertz CT molecular complexity index is 757. The summed E-state index contributed by atoms with van der Waals surface area (Å²) in [5, 5.41) is 2.92.